The van der Waals surface area contributed by atoms with Crippen molar-refractivity contribution in [2.75, 3.05) is 26.9 Å². The number of rotatable bonds is 9. The second-order valence-corrected chi connectivity index (χ2v) is 4.61. The molecule has 0 radical (unpaired) electrons. The third-order valence-electron chi connectivity index (χ3n) is 2.98. The molecule has 0 aliphatic heterocycles. The fraction of sp³-hybridized carbons (Fsp3) is 0.375. The Balaban J connectivity index is 1.54. The molecule has 22 heavy (non-hydrogen) atoms. The Morgan fingerprint density at radius 1 is 1.09 bits per heavy atom. The minimum Gasteiger partial charge on any atom is -0.464 e. The molecule has 2 rings (SSSR count). The molecule has 1 aromatic heterocycles. The van der Waals surface area contributed by atoms with Crippen LogP contribution < -0.4 is 0 Å². The van der Waals surface area contributed by atoms with Crippen LogP contribution >= 0.6 is 0 Å². The molecular weight excluding hydrogens is 284 g/mol. The first kappa shape index (κ1) is 16.2. The summed E-state index contributed by atoms with van der Waals surface area (Å²) in [7, 11) is 1.33. The quantitative estimate of drug-likeness (QED) is 0.523. The predicted octanol–water partition coefficient (Wildman–Crippen LogP) is 1.90. The van der Waals surface area contributed by atoms with E-state index in [4.69, 9.17) is 9.47 Å². The highest BCUT2D eigenvalue weighted by Gasteiger charge is 2.08. The van der Waals surface area contributed by atoms with Gasteiger partial charge in [0.15, 0.2) is 5.69 Å². The molecule has 0 spiro atoms. The van der Waals surface area contributed by atoms with Gasteiger partial charge >= 0.3 is 5.97 Å². The summed E-state index contributed by atoms with van der Waals surface area (Å²) in [6.07, 6.45) is 1.72. The van der Waals surface area contributed by atoms with Crippen molar-refractivity contribution in [3.8, 4) is 0 Å². The first-order chi connectivity index (χ1) is 10.8. The number of aromatic nitrogens is 2. The molecule has 0 atom stereocenters. The highest BCUT2D eigenvalue weighted by atomic mass is 16.5. The number of hydrogen-bond acceptors (Lipinski definition) is 5. The first-order valence-corrected chi connectivity index (χ1v) is 7.11. The molecular formula is C16H20N2O4. The van der Waals surface area contributed by atoms with E-state index >= 15 is 0 Å². The second-order valence-electron chi connectivity index (χ2n) is 4.61. The minimum atomic E-state index is -0.436. The molecule has 118 valence electrons. The van der Waals surface area contributed by atoms with Crippen LogP contribution in [0.1, 0.15) is 16.1 Å². The molecule has 0 saturated heterocycles. The molecule has 6 nitrogen and oxygen atoms in total. The Morgan fingerprint density at radius 3 is 2.64 bits per heavy atom. The molecule has 0 fully saturated rings. The smallest absolute Gasteiger partial charge is 0.358 e. The SMILES string of the molecule is COC(=O)c1ccn(CCOCCOCc2ccccc2)n1. The molecule has 0 bridgehead atoms. The highest BCUT2D eigenvalue weighted by molar-refractivity contribution is 5.86. The van der Waals surface area contributed by atoms with Crippen molar-refractivity contribution >= 4 is 5.97 Å². The number of nitrogens with zero attached hydrogens (tertiary/aromatic N) is 2. The number of esters is 1. The van der Waals surface area contributed by atoms with Gasteiger partial charge in [-0.1, -0.05) is 30.3 Å². The van der Waals surface area contributed by atoms with Crippen molar-refractivity contribution in [3.63, 3.8) is 0 Å². The number of carbonyl (C=O) groups is 1. The lowest BCUT2D eigenvalue weighted by Gasteiger charge is -2.06. The maximum absolute atomic E-state index is 11.2. The Labute approximate surface area is 129 Å². The van der Waals surface area contributed by atoms with Crippen molar-refractivity contribution in [2.45, 2.75) is 13.2 Å². The summed E-state index contributed by atoms with van der Waals surface area (Å²) >= 11 is 0. The molecule has 0 saturated carbocycles. The van der Waals surface area contributed by atoms with Crippen LogP contribution in [0.3, 0.4) is 0 Å². The van der Waals surface area contributed by atoms with Crippen molar-refractivity contribution in [1.82, 2.24) is 9.78 Å². The third kappa shape index (κ3) is 5.31. The van der Waals surface area contributed by atoms with Gasteiger partial charge in [-0.3, -0.25) is 4.68 Å². The van der Waals surface area contributed by atoms with E-state index in [9.17, 15) is 4.79 Å². The lowest BCUT2D eigenvalue weighted by molar-refractivity contribution is 0.0370. The van der Waals surface area contributed by atoms with E-state index in [0.717, 1.165) is 5.56 Å². The zero-order valence-electron chi connectivity index (χ0n) is 12.6. The maximum atomic E-state index is 11.2. The van der Waals surface area contributed by atoms with E-state index in [1.54, 1.807) is 16.9 Å². The van der Waals surface area contributed by atoms with Crippen molar-refractivity contribution in [3.05, 3.63) is 53.9 Å². The average Bonchev–Trinajstić information content (AvgIpc) is 3.03. The topological polar surface area (TPSA) is 62.6 Å². The molecule has 2 aromatic rings. The van der Waals surface area contributed by atoms with Crippen molar-refractivity contribution in [1.29, 1.82) is 0 Å². The second kappa shape index (κ2) is 8.96. The molecule has 1 aromatic carbocycles. The monoisotopic (exact) mass is 304 g/mol. The van der Waals surface area contributed by atoms with Crippen LogP contribution in [0, 0.1) is 0 Å². The van der Waals surface area contributed by atoms with Crippen LogP contribution in [0.15, 0.2) is 42.6 Å². The van der Waals surface area contributed by atoms with Gasteiger partial charge in [-0.2, -0.15) is 5.10 Å². The Kier molecular flexibility index (Phi) is 6.60. The Bertz CT molecular complexity index is 569. The lowest BCUT2D eigenvalue weighted by Crippen LogP contribution is -2.11. The number of hydrogen-bond donors (Lipinski definition) is 0. The number of carbonyl (C=O) groups excluding carboxylic acids is 1. The number of methoxy groups -OCH3 is 1. The predicted molar refractivity (Wildman–Crippen MR) is 80.5 cm³/mol. The summed E-state index contributed by atoms with van der Waals surface area (Å²) in [6.45, 7) is 2.75. The minimum absolute atomic E-state index is 0.300. The largest absolute Gasteiger partial charge is 0.464 e. The summed E-state index contributed by atoms with van der Waals surface area (Å²) < 4.78 is 17.2. The lowest BCUT2D eigenvalue weighted by atomic mass is 10.2. The Hall–Kier alpha value is -2.18. The van der Waals surface area contributed by atoms with Crippen molar-refractivity contribution < 1.29 is 19.0 Å². The summed E-state index contributed by atoms with van der Waals surface area (Å²) in [5.74, 6) is -0.436. The van der Waals surface area contributed by atoms with Gasteiger partial charge in [-0.25, -0.2) is 4.79 Å². The van der Waals surface area contributed by atoms with Gasteiger partial charge in [0.1, 0.15) is 0 Å². The van der Waals surface area contributed by atoms with E-state index in [1.807, 2.05) is 30.3 Å². The van der Waals surface area contributed by atoms with E-state index in [1.165, 1.54) is 7.11 Å². The standard InChI is InChI=1S/C16H20N2O4/c1-20-16(19)15-7-8-18(17-15)9-10-21-11-12-22-13-14-5-3-2-4-6-14/h2-8H,9-13H2,1H3. The zero-order chi connectivity index (χ0) is 15.6. The van der Waals surface area contributed by atoms with E-state index in [0.29, 0.717) is 38.7 Å². The highest BCUT2D eigenvalue weighted by Crippen LogP contribution is 2.00. The fourth-order valence-electron chi connectivity index (χ4n) is 1.84. The van der Waals surface area contributed by atoms with Crippen LogP contribution in [0.2, 0.25) is 0 Å². The summed E-state index contributed by atoms with van der Waals surface area (Å²) in [4.78, 5) is 11.2. The summed E-state index contributed by atoms with van der Waals surface area (Å²) in [5.41, 5.74) is 1.45. The molecule has 0 aliphatic carbocycles. The molecule has 0 unspecified atom stereocenters. The van der Waals surface area contributed by atoms with Gasteiger partial charge in [0.05, 0.1) is 40.1 Å². The molecule has 0 aliphatic rings. The van der Waals surface area contributed by atoms with Gasteiger partial charge in [0.2, 0.25) is 0 Å². The fourth-order valence-corrected chi connectivity index (χ4v) is 1.84. The van der Waals surface area contributed by atoms with Crippen LogP contribution in [-0.2, 0) is 27.4 Å². The van der Waals surface area contributed by atoms with Gasteiger partial charge < -0.3 is 14.2 Å². The average molecular weight is 304 g/mol. The molecule has 1 heterocycles. The first-order valence-electron chi connectivity index (χ1n) is 7.11. The molecule has 0 N–H and O–H groups in total. The van der Waals surface area contributed by atoms with Crippen LogP contribution in [0.4, 0.5) is 0 Å². The van der Waals surface area contributed by atoms with Crippen LogP contribution in [-0.4, -0.2) is 42.7 Å². The van der Waals surface area contributed by atoms with Crippen LogP contribution in [0.25, 0.3) is 0 Å². The summed E-state index contributed by atoms with van der Waals surface area (Å²) in [6, 6.07) is 11.6. The van der Waals surface area contributed by atoms with E-state index < -0.39 is 5.97 Å². The Morgan fingerprint density at radius 2 is 1.86 bits per heavy atom. The maximum Gasteiger partial charge on any atom is 0.358 e. The zero-order valence-corrected chi connectivity index (χ0v) is 12.6. The molecule has 0 amide bonds. The van der Waals surface area contributed by atoms with Crippen LogP contribution in [0.5, 0.6) is 0 Å². The number of ether oxygens (including phenoxy) is 3. The van der Waals surface area contributed by atoms with Gasteiger partial charge in [-0.15, -0.1) is 0 Å². The summed E-state index contributed by atoms with van der Waals surface area (Å²) in [5, 5.41) is 4.09. The van der Waals surface area contributed by atoms with Crippen molar-refractivity contribution in [2.24, 2.45) is 0 Å². The van der Waals surface area contributed by atoms with E-state index in [-0.39, 0.29) is 0 Å². The molecule has 6 heteroatoms. The van der Waals surface area contributed by atoms with Gasteiger partial charge in [-0.05, 0) is 11.6 Å². The van der Waals surface area contributed by atoms with Gasteiger partial charge in [0.25, 0.3) is 0 Å². The van der Waals surface area contributed by atoms with E-state index in [2.05, 4.69) is 9.84 Å². The number of benzene rings is 1. The normalized spacial score (nSPS) is 10.6. The van der Waals surface area contributed by atoms with Gasteiger partial charge in [0, 0.05) is 6.20 Å². The third-order valence-corrected chi connectivity index (χ3v) is 2.98.